The quantitative estimate of drug-likeness (QED) is 0.874. The molecule has 0 aliphatic heterocycles. The second-order valence-corrected chi connectivity index (χ2v) is 4.50. The van der Waals surface area contributed by atoms with Gasteiger partial charge in [-0.25, -0.2) is 4.79 Å². The predicted molar refractivity (Wildman–Crippen MR) is 80.2 cm³/mol. The van der Waals surface area contributed by atoms with Crippen LogP contribution >= 0.6 is 11.6 Å². The average molecular weight is 311 g/mol. The molecule has 1 aromatic heterocycles. The summed E-state index contributed by atoms with van der Waals surface area (Å²) in [4.78, 5) is 16.1. The molecule has 0 amide bonds. The Hall–Kier alpha value is -2.21. The van der Waals surface area contributed by atoms with Gasteiger partial charge in [0.25, 0.3) is 0 Å². The molecule has 0 aliphatic carbocycles. The third kappa shape index (κ3) is 2.54. The van der Waals surface area contributed by atoms with Gasteiger partial charge in [-0.2, -0.15) is 0 Å². The number of hydrogen-bond acceptors (Lipinski definition) is 6. The first kappa shape index (κ1) is 15.2. The summed E-state index contributed by atoms with van der Waals surface area (Å²) in [6.07, 6.45) is 1.35. The lowest BCUT2D eigenvalue weighted by atomic mass is 10.1. The monoisotopic (exact) mass is 310 g/mol. The van der Waals surface area contributed by atoms with Crippen LogP contribution in [0.1, 0.15) is 17.3 Å². The number of hydrogen-bond donors (Lipinski definition) is 1. The Balaban J connectivity index is 2.79. The molecule has 0 atom stereocenters. The van der Waals surface area contributed by atoms with Gasteiger partial charge < -0.3 is 19.9 Å². The normalized spacial score (nSPS) is 10.5. The Bertz CT molecular complexity index is 703. The summed E-state index contributed by atoms with van der Waals surface area (Å²) in [6, 6.07) is 1.61. The standard InChI is InChI=1S/C14H15ClN2O4/c1-4-21-14(18)7-6-17-13-9(20-3)5-8(19-2)11(15)10(13)12(7)16/h5-6H,4H2,1-3H3,(H2,16,17). The molecule has 0 unspecified atom stereocenters. The predicted octanol–water partition coefficient (Wildman–Crippen LogP) is 2.66. The van der Waals surface area contributed by atoms with Crippen molar-refractivity contribution in [3.8, 4) is 11.5 Å². The average Bonchev–Trinajstić information content (AvgIpc) is 2.48. The molecule has 1 aromatic carbocycles. The molecule has 0 aliphatic rings. The van der Waals surface area contributed by atoms with E-state index in [1.54, 1.807) is 13.0 Å². The molecular formula is C14H15ClN2O4. The van der Waals surface area contributed by atoms with Gasteiger partial charge >= 0.3 is 5.97 Å². The highest BCUT2D eigenvalue weighted by molar-refractivity contribution is 6.38. The second kappa shape index (κ2) is 6.05. The van der Waals surface area contributed by atoms with E-state index in [0.29, 0.717) is 22.4 Å². The van der Waals surface area contributed by atoms with E-state index in [9.17, 15) is 4.79 Å². The highest BCUT2D eigenvalue weighted by atomic mass is 35.5. The minimum absolute atomic E-state index is 0.154. The van der Waals surface area contributed by atoms with Gasteiger partial charge in [0, 0.05) is 12.3 Å². The number of methoxy groups -OCH3 is 2. The molecule has 7 heteroatoms. The number of fused-ring (bicyclic) bond motifs is 1. The van der Waals surface area contributed by atoms with Crippen molar-refractivity contribution in [3.05, 3.63) is 22.8 Å². The van der Waals surface area contributed by atoms with Crippen molar-refractivity contribution in [3.63, 3.8) is 0 Å². The highest BCUT2D eigenvalue weighted by Crippen LogP contribution is 2.41. The first-order valence-corrected chi connectivity index (χ1v) is 6.58. The molecule has 0 saturated heterocycles. The number of nitrogens with zero attached hydrogens (tertiary/aromatic N) is 1. The third-order valence-electron chi connectivity index (χ3n) is 2.99. The molecule has 112 valence electrons. The molecule has 6 nitrogen and oxygen atoms in total. The molecule has 0 fully saturated rings. The van der Waals surface area contributed by atoms with Gasteiger partial charge in [-0.1, -0.05) is 11.6 Å². The highest BCUT2D eigenvalue weighted by Gasteiger charge is 2.21. The van der Waals surface area contributed by atoms with Gasteiger partial charge in [-0.05, 0) is 6.92 Å². The van der Waals surface area contributed by atoms with Crippen LogP contribution in [0.15, 0.2) is 12.3 Å². The maximum atomic E-state index is 11.9. The van der Waals surface area contributed by atoms with Crippen molar-refractivity contribution in [1.29, 1.82) is 0 Å². The van der Waals surface area contributed by atoms with Gasteiger partial charge in [0.1, 0.15) is 22.6 Å². The summed E-state index contributed by atoms with van der Waals surface area (Å²) in [5.74, 6) is 0.283. The SMILES string of the molecule is CCOC(=O)c1cnc2c(OC)cc(OC)c(Cl)c2c1N. The molecule has 2 aromatic rings. The van der Waals surface area contributed by atoms with Crippen molar-refractivity contribution in [2.45, 2.75) is 6.92 Å². The molecule has 2 N–H and O–H groups in total. The van der Waals surface area contributed by atoms with Crippen molar-refractivity contribution in [2.75, 3.05) is 26.6 Å². The summed E-state index contributed by atoms with van der Waals surface area (Å²) in [5, 5.41) is 0.669. The molecule has 0 spiro atoms. The van der Waals surface area contributed by atoms with E-state index in [1.165, 1.54) is 20.4 Å². The number of nitrogens with two attached hydrogens (primary N) is 1. The number of ether oxygens (including phenoxy) is 3. The molecular weight excluding hydrogens is 296 g/mol. The number of carbonyl (C=O) groups is 1. The summed E-state index contributed by atoms with van der Waals surface area (Å²) in [5.41, 5.74) is 6.85. The summed E-state index contributed by atoms with van der Waals surface area (Å²) in [6.45, 7) is 1.95. The van der Waals surface area contributed by atoms with E-state index in [1.807, 2.05) is 0 Å². The van der Waals surface area contributed by atoms with Crippen molar-refractivity contribution < 1.29 is 19.0 Å². The van der Waals surface area contributed by atoms with Crippen LogP contribution in [0.25, 0.3) is 10.9 Å². The zero-order valence-corrected chi connectivity index (χ0v) is 12.7. The van der Waals surface area contributed by atoms with E-state index in [2.05, 4.69) is 4.98 Å². The molecule has 0 bridgehead atoms. The Morgan fingerprint density at radius 1 is 1.33 bits per heavy atom. The fraction of sp³-hybridized carbons (Fsp3) is 0.286. The van der Waals surface area contributed by atoms with Crippen LogP contribution in [-0.4, -0.2) is 31.8 Å². The number of pyridine rings is 1. The lowest BCUT2D eigenvalue weighted by Crippen LogP contribution is -2.09. The molecule has 0 saturated carbocycles. The lowest BCUT2D eigenvalue weighted by molar-refractivity contribution is 0.0527. The van der Waals surface area contributed by atoms with Gasteiger partial charge in [-0.15, -0.1) is 0 Å². The fourth-order valence-electron chi connectivity index (χ4n) is 1.98. The van der Waals surface area contributed by atoms with E-state index in [-0.39, 0.29) is 22.9 Å². The Morgan fingerprint density at radius 2 is 2.00 bits per heavy atom. The van der Waals surface area contributed by atoms with Crippen LogP contribution < -0.4 is 15.2 Å². The third-order valence-corrected chi connectivity index (χ3v) is 3.36. The molecule has 0 radical (unpaired) electrons. The maximum absolute atomic E-state index is 11.9. The van der Waals surface area contributed by atoms with E-state index in [4.69, 9.17) is 31.5 Å². The van der Waals surface area contributed by atoms with Gasteiger partial charge in [-0.3, -0.25) is 4.98 Å². The number of halogens is 1. The number of carbonyl (C=O) groups excluding carboxylic acids is 1. The Kier molecular flexibility index (Phi) is 4.37. The maximum Gasteiger partial charge on any atom is 0.341 e. The minimum atomic E-state index is -0.553. The first-order valence-electron chi connectivity index (χ1n) is 6.20. The number of nitrogen functional groups attached to an aromatic ring is 1. The fourth-order valence-corrected chi connectivity index (χ4v) is 2.31. The zero-order valence-electron chi connectivity index (χ0n) is 11.9. The minimum Gasteiger partial charge on any atom is -0.495 e. The van der Waals surface area contributed by atoms with E-state index >= 15 is 0 Å². The van der Waals surface area contributed by atoms with E-state index in [0.717, 1.165) is 0 Å². The van der Waals surface area contributed by atoms with Crippen molar-refractivity contribution in [2.24, 2.45) is 0 Å². The molecule has 2 rings (SSSR count). The van der Waals surface area contributed by atoms with Crippen LogP contribution in [-0.2, 0) is 4.74 Å². The lowest BCUT2D eigenvalue weighted by Gasteiger charge is -2.14. The van der Waals surface area contributed by atoms with Crippen LogP contribution in [0.3, 0.4) is 0 Å². The molecule has 1 heterocycles. The smallest absolute Gasteiger partial charge is 0.341 e. The second-order valence-electron chi connectivity index (χ2n) is 4.12. The van der Waals surface area contributed by atoms with Gasteiger partial charge in [0.15, 0.2) is 0 Å². The Morgan fingerprint density at radius 3 is 2.57 bits per heavy atom. The van der Waals surface area contributed by atoms with Crippen molar-refractivity contribution >= 4 is 34.2 Å². The Labute approximate surface area is 126 Å². The topological polar surface area (TPSA) is 83.7 Å². The largest absolute Gasteiger partial charge is 0.495 e. The molecule has 21 heavy (non-hydrogen) atoms. The number of aromatic nitrogens is 1. The van der Waals surface area contributed by atoms with Crippen LogP contribution in [0.5, 0.6) is 11.5 Å². The zero-order chi connectivity index (χ0) is 15.6. The number of rotatable bonds is 4. The number of benzene rings is 1. The summed E-state index contributed by atoms with van der Waals surface area (Å²) >= 11 is 6.28. The van der Waals surface area contributed by atoms with Gasteiger partial charge in [0.05, 0.1) is 36.9 Å². The van der Waals surface area contributed by atoms with Crippen LogP contribution in [0.4, 0.5) is 5.69 Å². The summed E-state index contributed by atoms with van der Waals surface area (Å²) < 4.78 is 15.4. The van der Waals surface area contributed by atoms with Gasteiger partial charge in [0.2, 0.25) is 0 Å². The van der Waals surface area contributed by atoms with Crippen molar-refractivity contribution in [1.82, 2.24) is 4.98 Å². The van der Waals surface area contributed by atoms with E-state index < -0.39 is 5.97 Å². The summed E-state index contributed by atoms with van der Waals surface area (Å²) in [7, 11) is 2.98. The van der Waals surface area contributed by atoms with Crippen LogP contribution in [0.2, 0.25) is 5.02 Å². The first-order chi connectivity index (χ1) is 10.0. The number of esters is 1. The number of anilines is 1. The van der Waals surface area contributed by atoms with Crippen LogP contribution in [0, 0.1) is 0 Å².